The molecule has 0 fully saturated rings. The molecule has 3 aliphatic rings. The van der Waals surface area contributed by atoms with Gasteiger partial charge in [-0.3, -0.25) is 14.4 Å². The van der Waals surface area contributed by atoms with Crippen molar-refractivity contribution >= 4 is 64.1 Å². The van der Waals surface area contributed by atoms with Crippen LogP contribution < -0.4 is 0 Å². The summed E-state index contributed by atoms with van der Waals surface area (Å²) in [5.74, 6) is -8.13. The van der Waals surface area contributed by atoms with Crippen LogP contribution in [0.5, 0.6) is 0 Å². The number of carbonyl (C=O) groups excluding carboxylic acids is 3. The van der Waals surface area contributed by atoms with E-state index in [0.29, 0.717) is 0 Å². The molecular formula is C51H24F18FeO12S3. The van der Waals surface area contributed by atoms with Crippen LogP contribution in [0.1, 0.15) is 81.1 Å². The molecule has 6 aromatic rings. The number of benzene rings is 6. The van der Waals surface area contributed by atoms with Crippen LogP contribution in [-0.4, -0.2) is 57.9 Å². The van der Waals surface area contributed by atoms with E-state index in [4.69, 9.17) is 0 Å². The average Bonchev–Trinajstić information content (AvgIpc) is 1.94. The third kappa shape index (κ3) is 12.7. The van der Waals surface area contributed by atoms with Crippen LogP contribution in [0, 0.1) is 0 Å². The maximum absolute atomic E-state index is 13.0. The van der Waals surface area contributed by atoms with Gasteiger partial charge in [0.25, 0.3) is 0 Å². The third-order valence-corrected chi connectivity index (χ3v) is 17.5. The number of sulfone groups is 3. The number of Topliss-reactive ketones (excluding diaryl/α,β-unsaturated/α-hetero) is 3. The molecule has 0 aromatic heterocycles. The molecule has 3 N–H and O–H groups in total. The van der Waals surface area contributed by atoms with Gasteiger partial charge in [-0.2, -0.15) is 79.0 Å². The van der Waals surface area contributed by atoms with Crippen LogP contribution in [0.3, 0.4) is 0 Å². The predicted octanol–water partition coefficient (Wildman–Crippen LogP) is 13.9. The van der Waals surface area contributed by atoms with E-state index in [2.05, 4.69) is 0 Å². The van der Waals surface area contributed by atoms with Crippen molar-refractivity contribution in [2.45, 2.75) is 51.7 Å². The van der Waals surface area contributed by atoms with Crippen LogP contribution in [0.15, 0.2) is 157 Å². The summed E-state index contributed by atoms with van der Waals surface area (Å²) in [6.07, 6.45) is -31.3. The van der Waals surface area contributed by atoms with E-state index in [1.165, 1.54) is 36.4 Å². The van der Waals surface area contributed by atoms with Crippen molar-refractivity contribution < 1.29 is 151 Å². The van der Waals surface area contributed by atoms with Gasteiger partial charge in [-0.1, -0.05) is 36.4 Å². The summed E-state index contributed by atoms with van der Waals surface area (Å²) in [5, 5.41) is 30.3. The van der Waals surface area contributed by atoms with Gasteiger partial charge in [0.05, 0.1) is 48.1 Å². The number of carbonyl (C=O) groups is 3. The van der Waals surface area contributed by atoms with E-state index < -0.39 is 181 Å². The first-order chi connectivity index (χ1) is 38.2. The van der Waals surface area contributed by atoms with Gasteiger partial charge in [0, 0.05) is 50.4 Å². The Morgan fingerprint density at radius 3 is 0.612 bits per heavy atom. The summed E-state index contributed by atoms with van der Waals surface area (Å²) in [5.41, 5.74) is -15.0. The van der Waals surface area contributed by atoms with E-state index in [9.17, 15) is 134 Å². The molecule has 0 amide bonds. The fourth-order valence-corrected chi connectivity index (χ4v) is 13.1. The first kappa shape index (κ1) is 66.2. The van der Waals surface area contributed by atoms with Gasteiger partial charge >= 0.3 is 37.1 Å². The van der Waals surface area contributed by atoms with E-state index in [0.717, 1.165) is 36.4 Å². The number of allylic oxidation sites excluding steroid dienone is 3. The Bertz CT molecular complexity index is 3720. The maximum atomic E-state index is 13.0. The van der Waals surface area contributed by atoms with Crippen molar-refractivity contribution in [2.75, 3.05) is 0 Å². The van der Waals surface area contributed by atoms with E-state index >= 15 is 0 Å². The smallest absolute Gasteiger partial charge is 0.416 e. The van der Waals surface area contributed by atoms with Crippen molar-refractivity contribution in [2.24, 2.45) is 0 Å². The molecule has 0 spiro atoms. The van der Waals surface area contributed by atoms with Gasteiger partial charge in [-0.15, -0.1) is 0 Å². The summed E-state index contributed by atoms with van der Waals surface area (Å²) < 4.78 is 308. The van der Waals surface area contributed by atoms with Gasteiger partial charge in [-0.05, 0) is 91.0 Å². The maximum Gasteiger partial charge on any atom is 0.416 e. The van der Waals surface area contributed by atoms with Crippen LogP contribution in [0.25, 0.3) is 17.3 Å². The molecular weight excluding hydrogens is 1300 g/mol. The molecule has 6 aromatic carbocycles. The summed E-state index contributed by atoms with van der Waals surface area (Å²) >= 11 is 0. The standard InChI is InChI=1S/3C17H8F6O4S.Fe/c3*18-16(19,20)9-5-8(6-10(7-9)17(21,22)23)13(24)15-14(25)11-3-1-2-4-12(11)28(15,26)27;/h3*1-7,25H;. The zero-order chi connectivity index (χ0) is 63.2. The minimum absolute atomic E-state index is 0. The molecule has 9 rings (SSSR count). The van der Waals surface area contributed by atoms with Gasteiger partial charge in [0.15, 0.2) is 14.7 Å². The Morgan fingerprint density at radius 2 is 0.459 bits per heavy atom. The number of hydrogen-bond acceptors (Lipinski definition) is 12. The number of fused-ring (bicyclic) bond motifs is 3. The number of rotatable bonds is 6. The quantitative estimate of drug-likeness (QED) is 0.0807. The summed E-state index contributed by atoms with van der Waals surface area (Å²) in [7, 11) is -13.9. The Balaban J connectivity index is 0.000000203. The number of hydrogen-bond donors (Lipinski definition) is 3. The van der Waals surface area contributed by atoms with Crippen LogP contribution in [0.4, 0.5) is 79.0 Å². The fourth-order valence-electron chi connectivity index (χ4n) is 8.11. The molecule has 0 saturated carbocycles. The third-order valence-electron chi connectivity index (χ3n) is 11.9. The molecule has 452 valence electrons. The van der Waals surface area contributed by atoms with Gasteiger partial charge < -0.3 is 15.3 Å². The van der Waals surface area contributed by atoms with Gasteiger partial charge in [-0.25, -0.2) is 25.3 Å². The van der Waals surface area contributed by atoms with Crippen molar-refractivity contribution in [1.82, 2.24) is 0 Å². The second-order valence-corrected chi connectivity index (χ2v) is 23.0. The van der Waals surface area contributed by atoms with Crippen LogP contribution in [-0.2, 0) is 83.6 Å². The zero-order valence-electron chi connectivity index (χ0n) is 40.5. The Kier molecular flexibility index (Phi) is 17.3. The predicted molar refractivity (Wildman–Crippen MR) is 252 cm³/mol. The van der Waals surface area contributed by atoms with Gasteiger partial charge in [0.2, 0.25) is 46.9 Å². The first-order valence-electron chi connectivity index (χ1n) is 22.1. The molecule has 0 radical (unpaired) electrons. The van der Waals surface area contributed by atoms with E-state index in [1.807, 2.05) is 0 Å². The molecule has 3 heterocycles. The number of aliphatic hydroxyl groups is 3. The summed E-state index contributed by atoms with van der Waals surface area (Å²) in [6, 6.07) is 14.5. The first-order valence-corrected chi connectivity index (χ1v) is 26.5. The SMILES string of the molecule is O=C(C1=C(O)c2ccccc2S1(=O)=O)c1cc(C(F)(F)F)cc(C(F)(F)F)c1.O=C(C1=C(O)c2ccccc2S1(=O)=O)c1cc(C(F)(F)F)cc(C(F)(F)F)c1.O=C(C1=C(O)c2ccccc2S1(=O)=O)c1cc(C(F)(F)F)cc(C(F)(F)F)c1.[Fe]. The molecule has 12 nitrogen and oxygen atoms in total. The monoisotopic (exact) mass is 1320 g/mol. The Labute approximate surface area is 473 Å². The normalized spacial score (nSPS) is 16.0. The number of alkyl halides is 18. The van der Waals surface area contributed by atoms with Crippen molar-refractivity contribution in [1.29, 1.82) is 0 Å². The van der Waals surface area contributed by atoms with E-state index in [-0.39, 0.29) is 88.4 Å². The fraction of sp³-hybridized carbons (Fsp3) is 0.118. The molecule has 0 aliphatic carbocycles. The molecule has 34 heteroatoms. The number of ketones is 3. The largest absolute Gasteiger partial charge is 0.506 e. The molecule has 0 saturated heterocycles. The molecule has 0 unspecified atom stereocenters. The Morgan fingerprint density at radius 1 is 0.294 bits per heavy atom. The molecule has 0 atom stereocenters. The average molecular weight is 1320 g/mol. The second kappa shape index (κ2) is 22.2. The Hall–Kier alpha value is -7.94. The minimum Gasteiger partial charge on any atom is -0.506 e. The number of halogens is 18. The van der Waals surface area contributed by atoms with Gasteiger partial charge in [0.1, 0.15) is 17.3 Å². The minimum atomic E-state index is -5.22. The van der Waals surface area contributed by atoms with Crippen molar-refractivity contribution in [3.05, 3.63) is 209 Å². The second-order valence-electron chi connectivity index (χ2n) is 17.4. The number of aliphatic hydroxyl groups excluding tert-OH is 3. The topological polar surface area (TPSA) is 214 Å². The summed E-state index contributed by atoms with van der Waals surface area (Å²) in [6.45, 7) is 0. The zero-order valence-corrected chi connectivity index (χ0v) is 44.1. The summed E-state index contributed by atoms with van der Waals surface area (Å²) in [4.78, 5) is 32.5. The van der Waals surface area contributed by atoms with Crippen LogP contribution in [0.2, 0.25) is 0 Å². The molecule has 3 aliphatic heterocycles. The van der Waals surface area contributed by atoms with Crippen LogP contribution >= 0.6 is 0 Å². The molecule has 0 bridgehead atoms. The molecule has 85 heavy (non-hydrogen) atoms. The van der Waals surface area contributed by atoms with Crippen molar-refractivity contribution in [3.63, 3.8) is 0 Å². The van der Waals surface area contributed by atoms with E-state index in [1.54, 1.807) is 0 Å². The van der Waals surface area contributed by atoms with Crippen molar-refractivity contribution in [3.8, 4) is 0 Å².